The summed E-state index contributed by atoms with van der Waals surface area (Å²) in [4.78, 5) is 13.0. The zero-order chi connectivity index (χ0) is 13.6. The molecule has 0 spiro atoms. The third-order valence-corrected chi connectivity index (χ3v) is 4.61. The topological polar surface area (TPSA) is 75.7 Å². The standard InChI is InChI=1S/C10H22N2O4S/c1-8(9(2)17(5,14)15)12(3)10(13)11-6-7-16-4/h8-9H,6-7H2,1-5H3,(H,11,13)/t8-,9+/m1/s1. The minimum absolute atomic E-state index is 0.301. The molecule has 0 aliphatic heterocycles. The van der Waals surface area contributed by atoms with Crippen molar-refractivity contribution in [1.82, 2.24) is 10.2 Å². The van der Waals surface area contributed by atoms with Gasteiger partial charge in [-0.25, -0.2) is 13.2 Å². The van der Waals surface area contributed by atoms with Gasteiger partial charge < -0.3 is 15.0 Å². The third kappa shape index (κ3) is 5.36. The number of nitrogens with zero attached hydrogens (tertiary/aromatic N) is 1. The van der Waals surface area contributed by atoms with E-state index in [9.17, 15) is 13.2 Å². The Labute approximate surface area is 103 Å². The number of methoxy groups -OCH3 is 1. The third-order valence-electron chi connectivity index (χ3n) is 2.87. The van der Waals surface area contributed by atoms with Crippen LogP contribution in [0.4, 0.5) is 4.79 Å². The Morgan fingerprint density at radius 2 is 1.94 bits per heavy atom. The Kier molecular flexibility index (Phi) is 6.48. The molecule has 0 unspecified atom stereocenters. The van der Waals surface area contributed by atoms with Gasteiger partial charge in [-0.15, -0.1) is 0 Å². The van der Waals surface area contributed by atoms with Gasteiger partial charge in [-0.3, -0.25) is 0 Å². The summed E-state index contributed by atoms with van der Waals surface area (Å²) in [5.74, 6) is 0. The van der Waals surface area contributed by atoms with Crippen LogP contribution in [0.25, 0.3) is 0 Å². The van der Waals surface area contributed by atoms with E-state index in [2.05, 4.69) is 5.32 Å². The molecule has 0 saturated heterocycles. The first kappa shape index (κ1) is 16.2. The molecule has 6 nitrogen and oxygen atoms in total. The zero-order valence-corrected chi connectivity index (χ0v) is 11.9. The molecule has 0 radical (unpaired) electrons. The number of carbonyl (C=O) groups is 1. The number of carbonyl (C=O) groups excluding carboxylic acids is 1. The van der Waals surface area contributed by atoms with Crippen LogP contribution in [0.2, 0.25) is 0 Å². The van der Waals surface area contributed by atoms with Gasteiger partial charge in [0.25, 0.3) is 0 Å². The van der Waals surface area contributed by atoms with Gasteiger partial charge in [0.05, 0.1) is 11.9 Å². The van der Waals surface area contributed by atoms with E-state index in [4.69, 9.17) is 4.74 Å². The molecule has 0 aliphatic rings. The van der Waals surface area contributed by atoms with E-state index in [0.717, 1.165) is 0 Å². The van der Waals surface area contributed by atoms with Crippen LogP contribution in [0, 0.1) is 0 Å². The number of hydrogen-bond acceptors (Lipinski definition) is 4. The number of urea groups is 1. The van der Waals surface area contributed by atoms with Crippen molar-refractivity contribution in [2.75, 3.05) is 33.6 Å². The fourth-order valence-electron chi connectivity index (χ4n) is 1.24. The monoisotopic (exact) mass is 266 g/mol. The zero-order valence-electron chi connectivity index (χ0n) is 11.1. The van der Waals surface area contributed by atoms with E-state index in [0.29, 0.717) is 13.2 Å². The lowest BCUT2D eigenvalue weighted by Crippen LogP contribution is -2.49. The second kappa shape index (κ2) is 6.80. The van der Waals surface area contributed by atoms with Gasteiger partial charge >= 0.3 is 6.03 Å². The van der Waals surface area contributed by atoms with E-state index >= 15 is 0 Å². The summed E-state index contributed by atoms with van der Waals surface area (Å²) in [7, 11) is -0.0284. The summed E-state index contributed by atoms with van der Waals surface area (Å²) in [5.41, 5.74) is 0. The summed E-state index contributed by atoms with van der Waals surface area (Å²) in [6, 6.07) is -0.683. The number of nitrogens with one attached hydrogen (secondary N) is 1. The van der Waals surface area contributed by atoms with Crippen LogP contribution >= 0.6 is 0 Å². The van der Waals surface area contributed by atoms with Gasteiger partial charge in [0, 0.05) is 33.0 Å². The van der Waals surface area contributed by atoms with Gasteiger partial charge in [0.2, 0.25) is 0 Å². The SMILES string of the molecule is COCCNC(=O)N(C)[C@H](C)[C@H](C)S(C)(=O)=O. The van der Waals surface area contributed by atoms with Crippen molar-refractivity contribution in [2.45, 2.75) is 25.1 Å². The summed E-state index contributed by atoms with van der Waals surface area (Å²) < 4.78 is 27.6. The molecule has 1 N–H and O–H groups in total. The molecule has 0 rings (SSSR count). The Bertz CT molecular complexity index is 342. The highest BCUT2D eigenvalue weighted by Crippen LogP contribution is 2.09. The van der Waals surface area contributed by atoms with E-state index in [-0.39, 0.29) is 12.1 Å². The minimum atomic E-state index is -3.15. The van der Waals surface area contributed by atoms with Crippen LogP contribution < -0.4 is 5.32 Å². The quantitative estimate of drug-likeness (QED) is 0.692. The molecule has 0 aromatic heterocycles. The lowest BCUT2D eigenvalue weighted by molar-refractivity contribution is 0.177. The van der Waals surface area contributed by atoms with Crippen LogP contribution in [0.1, 0.15) is 13.8 Å². The van der Waals surface area contributed by atoms with Crippen molar-refractivity contribution in [3.63, 3.8) is 0 Å². The fourth-order valence-corrected chi connectivity index (χ4v) is 2.14. The number of rotatable bonds is 6. The Hall–Kier alpha value is -0.820. The first-order valence-corrected chi connectivity index (χ1v) is 7.35. The van der Waals surface area contributed by atoms with Gasteiger partial charge in [-0.1, -0.05) is 0 Å². The van der Waals surface area contributed by atoms with Crippen molar-refractivity contribution in [1.29, 1.82) is 0 Å². The molecule has 0 saturated carbocycles. The van der Waals surface area contributed by atoms with Crippen molar-refractivity contribution in [3.8, 4) is 0 Å². The van der Waals surface area contributed by atoms with Crippen LogP contribution in [-0.4, -0.2) is 64.2 Å². The van der Waals surface area contributed by atoms with Crippen LogP contribution in [0.3, 0.4) is 0 Å². The Morgan fingerprint density at radius 3 is 2.35 bits per heavy atom. The van der Waals surface area contributed by atoms with Crippen molar-refractivity contribution < 1.29 is 17.9 Å². The maximum atomic E-state index is 11.7. The van der Waals surface area contributed by atoms with Crippen molar-refractivity contribution in [3.05, 3.63) is 0 Å². The van der Waals surface area contributed by atoms with Crippen molar-refractivity contribution >= 4 is 15.9 Å². The number of sulfone groups is 1. The smallest absolute Gasteiger partial charge is 0.317 e. The molecule has 2 atom stereocenters. The van der Waals surface area contributed by atoms with Crippen LogP contribution in [0.15, 0.2) is 0 Å². The summed E-state index contributed by atoms with van der Waals surface area (Å²) in [5, 5.41) is 2.04. The average molecular weight is 266 g/mol. The largest absolute Gasteiger partial charge is 0.383 e. The van der Waals surface area contributed by atoms with E-state index in [1.165, 1.54) is 11.2 Å². The average Bonchev–Trinajstić information content (AvgIpc) is 2.25. The van der Waals surface area contributed by atoms with Gasteiger partial charge in [-0.05, 0) is 13.8 Å². The number of amides is 2. The van der Waals surface area contributed by atoms with Gasteiger partial charge in [-0.2, -0.15) is 0 Å². The molecule has 0 bridgehead atoms. The molecule has 7 heteroatoms. The number of ether oxygens (including phenoxy) is 1. The molecule has 17 heavy (non-hydrogen) atoms. The molecule has 0 heterocycles. The summed E-state index contributed by atoms with van der Waals surface area (Å²) >= 11 is 0. The predicted molar refractivity (Wildman–Crippen MR) is 66.8 cm³/mol. The molecule has 2 amide bonds. The first-order valence-electron chi connectivity index (χ1n) is 5.40. The molecule has 0 aromatic rings. The fraction of sp³-hybridized carbons (Fsp3) is 0.900. The highest BCUT2D eigenvalue weighted by molar-refractivity contribution is 7.91. The summed E-state index contributed by atoms with van der Waals surface area (Å²) in [6.07, 6.45) is 1.17. The van der Waals surface area contributed by atoms with E-state index < -0.39 is 15.1 Å². The lowest BCUT2D eigenvalue weighted by atomic mass is 10.2. The van der Waals surface area contributed by atoms with Gasteiger partial charge in [0.1, 0.15) is 0 Å². The molecular weight excluding hydrogens is 244 g/mol. The lowest BCUT2D eigenvalue weighted by Gasteiger charge is -2.29. The predicted octanol–water partition coefficient (Wildman–Crippen LogP) is 0.0958. The minimum Gasteiger partial charge on any atom is -0.383 e. The maximum Gasteiger partial charge on any atom is 0.317 e. The second-order valence-corrected chi connectivity index (χ2v) is 6.51. The van der Waals surface area contributed by atoms with Crippen molar-refractivity contribution in [2.24, 2.45) is 0 Å². The number of hydrogen-bond donors (Lipinski definition) is 1. The molecule has 0 aromatic carbocycles. The molecule has 0 aliphatic carbocycles. The van der Waals surface area contributed by atoms with E-state index in [1.807, 2.05) is 0 Å². The second-order valence-electron chi connectivity index (χ2n) is 4.11. The highest BCUT2D eigenvalue weighted by Gasteiger charge is 2.27. The highest BCUT2D eigenvalue weighted by atomic mass is 32.2. The first-order chi connectivity index (χ1) is 7.71. The van der Waals surface area contributed by atoms with Crippen LogP contribution in [0.5, 0.6) is 0 Å². The Balaban J connectivity index is 4.39. The van der Waals surface area contributed by atoms with E-state index in [1.54, 1.807) is 28.0 Å². The Morgan fingerprint density at radius 1 is 1.41 bits per heavy atom. The molecule has 102 valence electrons. The normalized spacial score (nSPS) is 15.1. The molecular formula is C10H22N2O4S. The maximum absolute atomic E-state index is 11.7. The van der Waals surface area contributed by atoms with Gasteiger partial charge in [0.15, 0.2) is 9.84 Å². The van der Waals surface area contributed by atoms with Crippen LogP contribution in [-0.2, 0) is 14.6 Å². The molecule has 0 fully saturated rings. The summed E-state index contributed by atoms with van der Waals surface area (Å²) in [6.45, 7) is 4.13.